The fraction of sp³-hybridized carbons (Fsp3) is 0.500. The van der Waals surface area contributed by atoms with Gasteiger partial charge in [-0.25, -0.2) is 13.4 Å². The molecule has 0 fully saturated rings. The van der Waals surface area contributed by atoms with Gasteiger partial charge in [0.15, 0.2) is 11.5 Å². The Kier molecular flexibility index (Phi) is 6.01. The normalized spacial score (nSPS) is 11.0. The minimum atomic E-state index is -3.26. The maximum atomic E-state index is 11.1. The van der Waals surface area contributed by atoms with E-state index in [0.717, 1.165) is 25.5 Å². The van der Waals surface area contributed by atoms with Crippen LogP contribution in [-0.2, 0) is 16.4 Å². The molecular weight excluding hydrogens is 276 g/mol. The van der Waals surface area contributed by atoms with Gasteiger partial charge in [-0.3, -0.25) is 4.72 Å². The Hall–Kier alpha value is -1.56. The average molecular weight is 298 g/mol. The first-order chi connectivity index (χ1) is 9.48. The summed E-state index contributed by atoms with van der Waals surface area (Å²) in [6, 6.07) is 5.07. The molecule has 112 valence electrons. The Balaban J connectivity index is 0.000000956. The SMILES string of the molecule is CC.CCCCc1nc2cc(NS(C)(=O)=O)ccc2o1. The molecule has 0 aliphatic rings. The van der Waals surface area contributed by atoms with E-state index < -0.39 is 10.0 Å². The van der Waals surface area contributed by atoms with Crippen LogP contribution < -0.4 is 4.72 Å². The highest BCUT2D eigenvalue weighted by Gasteiger charge is 2.08. The van der Waals surface area contributed by atoms with E-state index in [9.17, 15) is 8.42 Å². The number of aromatic nitrogens is 1. The molecule has 1 aromatic carbocycles. The smallest absolute Gasteiger partial charge is 0.229 e. The summed E-state index contributed by atoms with van der Waals surface area (Å²) < 4.78 is 30.2. The number of nitrogens with zero attached hydrogens (tertiary/aromatic N) is 1. The Morgan fingerprint density at radius 2 is 2.00 bits per heavy atom. The summed E-state index contributed by atoms with van der Waals surface area (Å²) in [5.74, 6) is 0.698. The van der Waals surface area contributed by atoms with Crippen LogP contribution in [0.1, 0.15) is 39.5 Å². The van der Waals surface area contributed by atoms with Crippen molar-refractivity contribution in [3.05, 3.63) is 24.1 Å². The van der Waals surface area contributed by atoms with E-state index >= 15 is 0 Å². The molecule has 0 aliphatic heterocycles. The summed E-state index contributed by atoms with van der Waals surface area (Å²) in [4.78, 5) is 4.34. The van der Waals surface area contributed by atoms with Crippen molar-refractivity contribution in [2.75, 3.05) is 11.0 Å². The monoisotopic (exact) mass is 298 g/mol. The molecule has 5 nitrogen and oxygen atoms in total. The molecular formula is C14H22N2O3S. The van der Waals surface area contributed by atoms with Crippen molar-refractivity contribution in [1.29, 1.82) is 0 Å². The quantitative estimate of drug-likeness (QED) is 0.916. The number of hydrogen-bond donors (Lipinski definition) is 1. The Bertz CT molecular complexity index is 647. The summed E-state index contributed by atoms with van der Waals surface area (Å²) in [6.07, 6.45) is 4.04. The van der Waals surface area contributed by atoms with Gasteiger partial charge in [0.1, 0.15) is 5.52 Å². The highest BCUT2D eigenvalue weighted by atomic mass is 32.2. The third kappa shape index (κ3) is 4.85. The van der Waals surface area contributed by atoms with Gasteiger partial charge < -0.3 is 4.42 Å². The molecule has 1 aromatic heterocycles. The van der Waals surface area contributed by atoms with E-state index in [2.05, 4.69) is 16.6 Å². The zero-order valence-corrected chi connectivity index (χ0v) is 13.3. The molecule has 0 spiro atoms. The van der Waals surface area contributed by atoms with E-state index in [0.29, 0.717) is 22.7 Å². The lowest BCUT2D eigenvalue weighted by atomic mass is 10.2. The maximum Gasteiger partial charge on any atom is 0.229 e. The number of nitrogens with one attached hydrogen (secondary N) is 1. The van der Waals surface area contributed by atoms with Gasteiger partial charge in [-0.2, -0.15) is 0 Å². The predicted molar refractivity (Wildman–Crippen MR) is 82.4 cm³/mol. The largest absolute Gasteiger partial charge is 0.441 e. The van der Waals surface area contributed by atoms with Crippen LogP contribution in [0.25, 0.3) is 11.1 Å². The van der Waals surface area contributed by atoms with E-state index in [1.807, 2.05) is 13.8 Å². The van der Waals surface area contributed by atoms with Gasteiger partial charge in [0.05, 0.1) is 11.9 Å². The second-order valence-corrected chi connectivity index (χ2v) is 6.02. The van der Waals surface area contributed by atoms with Gasteiger partial charge in [-0.1, -0.05) is 27.2 Å². The number of hydrogen-bond acceptors (Lipinski definition) is 4. The Morgan fingerprint density at radius 1 is 1.30 bits per heavy atom. The van der Waals surface area contributed by atoms with Crippen LogP contribution in [0, 0.1) is 0 Å². The first kappa shape index (κ1) is 16.5. The predicted octanol–water partition coefficient (Wildman–Crippen LogP) is 3.57. The zero-order valence-electron chi connectivity index (χ0n) is 12.4. The third-order valence-corrected chi connectivity index (χ3v) is 3.09. The molecule has 0 saturated carbocycles. The number of rotatable bonds is 5. The van der Waals surface area contributed by atoms with Gasteiger partial charge in [0.25, 0.3) is 0 Å². The third-order valence-electron chi connectivity index (χ3n) is 2.48. The van der Waals surface area contributed by atoms with Crippen molar-refractivity contribution in [2.45, 2.75) is 40.0 Å². The first-order valence-corrected chi connectivity index (χ1v) is 8.74. The minimum absolute atomic E-state index is 0.500. The van der Waals surface area contributed by atoms with E-state index in [1.54, 1.807) is 18.2 Å². The van der Waals surface area contributed by atoms with Crippen molar-refractivity contribution >= 4 is 26.8 Å². The number of aryl methyl sites for hydroxylation is 1. The lowest BCUT2D eigenvalue weighted by Crippen LogP contribution is -2.09. The number of unbranched alkanes of at least 4 members (excludes halogenated alkanes) is 1. The average Bonchev–Trinajstić information content (AvgIpc) is 2.79. The van der Waals surface area contributed by atoms with Gasteiger partial charge >= 0.3 is 0 Å². The number of sulfonamides is 1. The summed E-state index contributed by atoms with van der Waals surface area (Å²) in [7, 11) is -3.26. The van der Waals surface area contributed by atoms with Crippen LogP contribution in [0.3, 0.4) is 0 Å². The van der Waals surface area contributed by atoms with Crippen LogP contribution in [0.2, 0.25) is 0 Å². The van der Waals surface area contributed by atoms with Crippen LogP contribution in [0.5, 0.6) is 0 Å². The lowest BCUT2D eigenvalue weighted by Gasteiger charge is -2.01. The van der Waals surface area contributed by atoms with E-state index in [4.69, 9.17) is 4.42 Å². The topological polar surface area (TPSA) is 72.2 Å². The van der Waals surface area contributed by atoms with Crippen molar-refractivity contribution < 1.29 is 12.8 Å². The van der Waals surface area contributed by atoms with Gasteiger partial charge in [-0.15, -0.1) is 0 Å². The molecule has 0 radical (unpaired) electrons. The zero-order chi connectivity index (χ0) is 15.2. The second-order valence-electron chi connectivity index (χ2n) is 4.27. The summed E-state index contributed by atoms with van der Waals surface area (Å²) in [5.41, 5.74) is 1.86. The molecule has 0 bridgehead atoms. The minimum Gasteiger partial charge on any atom is -0.441 e. The number of fused-ring (bicyclic) bond motifs is 1. The van der Waals surface area contributed by atoms with Gasteiger partial charge in [0, 0.05) is 6.42 Å². The Morgan fingerprint density at radius 3 is 2.60 bits per heavy atom. The van der Waals surface area contributed by atoms with E-state index in [1.165, 1.54) is 0 Å². The van der Waals surface area contributed by atoms with Crippen molar-refractivity contribution in [2.24, 2.45) is 0 Å². The van der Waals surface area contributed by atoms with Crippen LogP contribution >= 0.6 is 0 Å². The molecule has 1 N–H and O–H groups in total. The molecule has 2 rings (SSSR count). The molecule has 0 amide bonds. The number of oxazole rings is 1. The molecule has 20 heavy (non-hydrogen) atoms. The van der Waals surface area contributed by atoms with Crippen molar-refractivity contribution in [3.8, 4) is 0 Å². The van der Waals surface area contributed by atoms with Crippen molar-refractivity contribution in [3.63, 3.8) is 0 Å². The van der Waals surface area contributed by atoms with E-state index in [-0.39, 0.29) is 0 Å². The molecule has 0 aliphatic carbocycles. The molecule has 1 heterocycles. The number of anilines is 1. The van der Waals surface area contributed by atoms with Crippen LogP contribution in [-0.4, -0.2) is 19.7 Å². The standard InChI is InChI=1S/C12H16N2O3S.C2H6/c1-3-4-5-12-13-10-8-9(14-18(2,15)16)6-7-11(10)17-12;1-2/h6-8,14H,3-5H2,1-2H3;1-2H3. The molecule has 0 atom stereocenters. The number of benzene rings is 1. The van der Waals surface area contributed by atoms with Gasteiger partial charge in [0.2, 0.25) is 10.0 Å². The van der Waals surface area contributed by atoms with Gasteiger partial charge in [-0.05, 0) is 24.6 Å². The maximum absolute atomic E-state index is 11.1. The summed E-state index contributed by atoms with van der Waals surface area (Å²) in [5, 5.41) is 0. The first-order valence-electron chi connectivity index (χ1n) is 6.85. The van der Waals surface area contributed by atoms with Crippen LogP contribution in [0.4, 0.5) is 5.69 Å². The molecule has 0 unspecified atom stereocenters. The fourth-order valence-corrected chi connectivity index (χ4v) is 2.24. The molecule has 6 heteroatoms. The molecule has 2 aromatic rings. The summed E-state index contributed by atoms with van der Waals surface area (Å²) >= 11 is 0. The van der Waals surface area contributed by atoms with Crippen molar-refractivity contribution in [1.82, 2.24) is 4.98 Å². The lowest BCUT2D eigenvalue weighted by molar-refractivity contribution is 0.517. The molecule has 0 saturated heterocycles. The summed E-state index contributed by atoms with van der Waals surface area (Å²) in [6.45, 7) is 6.11. The highest BCUT2D eigenvalue weighted by Crippen LogP contribution is 2.21. The highest BCUT2D eigenvalue weighted by molar-refractivity contribution is 7.92. The fourth-order valence-electron chi connectivity index (χ4n) is 1.69. The van der Waals surface area contributed by atoms with Crippen LogP contribution in [0.15, 0.2) is 22.6 Å². The Labute approximate surface area is 120 Å². The second kappa shape index (κ2) is 7.28.